The Balaban J connectivity index is 1.41. The fourth-order valence-corrected chi connectivity index (χ4v) is 5.05. The van der Waals surface area contributed by atoms with Gasteiger partial charge < -0.3 is 0 Å². The first-order valence-electron chi connectivity index (χ1n) is 10.9. The van der Waals surface area contributed by atoms with Gasteiger partial charge in [0.1, 0.15) is 5.82 Å². The summed E-state index contributed by atoms with van der Waals surface area (Å²) in [6, 6.07) is 15.9. The molecule has 0 unspecified atom stereocenters. The SMILES string of the molecule is Fc1cccc(C2=C(CCCCCC3CCCCC3)c3ccccc3C2)c1. The minimum Gasteiger partial charge on any atom is -0.207 e. The van der Waals surface area contributed by atoms with Gasteiger partial charge in [-0.1, -0.05) is 87.8 Å². The molecule has 0 heterocycles. The molecule has 2 aliphatic carbocycles. The van der Waals surface area contributed by atoms with E-state index in [0.717, 1.165) is 24.3 Å². The molecule has 1 saturated carbocycles. The van der Waals surface area contributed by atoms with E-state index in [1.165, 1.54) is 86.1 Å². The second-order valence-electron chi connectivity index (χ2n) is 8.40. The van der Waals surface area contributed by atoms with E-state index in [2.05, 4.69) is 30.3 Å². The van der Waals surface area contributed by atoms with E-state index in [-0.39, 0.29) is 5.82 Å². The van der Waals surface area contributed by atoms with Gasteiger partial charge in [0.15, 0.2) is 0 Å². The lowest BCUT2D eigenvalue weighted by molar-refractivity contribution is 0.329. The number of halogens is 1. The second kappa shape index (κ2) is 8.87. The first kappa shape index (κ1) is 18.5. The summed E-state index contributed by atoms with van der Waals surface area (Å²) in [4.78, 5) is 0. The van der Waals surface area contributed by atoms with Crippen LogP contribution in [-0.2, 0) is 6.42 Å². The lowest BCUT2D eigenvalue weighted by Crippen LogP contribution is -2.05. The number of fused-ring (bicyclic) bond motifs is 1. The van der Waals surface area contributed by atoms with Crippen molar-refractivity contribution in [2.45, 2.75) is 70.6 Å². The van der Waals surface area contributed by atoms with Gasteiger partial charge in [0.2, 0.25) is 0 Å². The van der Waals surface area contributed by atoms with Crippen molar-refractivity contribution in [1.82, 2.24) is 0 Å². The standard InChI is InChI=1S/C26H31F/c27-23-15-9-14-21(18-23)26-19-22-13-7-8-16-24(22)25(26)17-6-2-5-12-20-10-3-1-4-11-20/h7-9,13-16,18,20H,1-6,10-12,17,19H2. The number of benzene rings is 2. The molecule has 4 rings (SSSR count). The minimum absolute atomic E-state index is 0.136. The third-order valence-electron chi connectivity index (χ3n) is 6.51. The van der Waals surface area contributed by atoms with Gasteiger partial charge in [-0.3, -0.25) is 0 Å². The van der Waals surface area contributed by atoms with Gasteiger partial charge >= 0.3 is 0 Å². The summed E-state index contributed by atoms with van der Waals surface area (Å²) in [5.41, 5.74) is 6.64. The van der Waals surface area contributed by atoms with Crippen LogP contribution in [0.2, 0.25) is 0 Å². The number of rotatable bonds is 7. The van der Waals surface area contributed by atoms with E-state index >= 15 is 0 Å². The Bertz CT molecular complexity index is 795. The predicted octanol–water partition coefficient (Wildman–Crippen LogP) is 7.82. The Morgan fingerprint density at radius 3 is 2.56 bits per heavy atom. The summed E-state index contributed by atoms with van der Waals surface area (Å²) in [5, 5.41) is 0. The van der Waals surface area contributed by atoms with E-state index in [1.807, 2.05) is 6.07 Å². The molecule has 27 heavy (non-hydrogen) atoms. The predicted molar refractivity (Wildman–Crippen MR) is 113 cm³/mol. The zero-order valence-electron chi connectivity index (χ0n) is 16.4. The summed E-state index contributed by atoms with van der Waals surface area (Å²) in [6.45, 7) is 0. The molecule has 1 fully saturated rings. The van der Waals surface area contributed by atoms with Gasteiger partial charge in [0.25, 0.3) is 0 Å². The molecular weight excluding hydrogens is 331 g/mol. The molecule has 0 N–H and O–H groups in total. The van der Waals surface area contributed by atoms with Crippen molar-refractivity contribution in [1.29, 1.82) is 0 Å². The van der Waals surface area contributed by atoms with Crippen molar-refractivity contribution in [3.05, 3.63) is 71.0 Å². The van der Waals surface area contributed by atoms with E-state index in [0.29, 0.717) is 0 Å². The number of hydrogen-bond donors (Lipinski definition) is 0. The maximum atomic E-state index is 13.8. The summed E-state index contributed by atoms with van der Waals surface area (Å²) in [5.74, 6) is 0.857. The van der Waals surface area contributed by atoms with Gasteiger partial charge in [-0.25, -0.2) is 4.39 Å². The average molecular weight is 363 g/mol. The van der Waals surface area contributed by atoms with E-state index in [4.69, 9.17) is 0 Å². The smallest absolute Gasteiger partial charge is 0.123 e. The van der Waals surface area contributed by atoms with Crippen LogP contribution >= 0.6 is 0 Å². The molecule has 0 saturated heterocycles. The molecule has 0 radical (unpaired) electrons. The molecule has 2 aromatic rings. The summed E-state index contributed by atoms with van der Waals surface area (Å²) >= 11 is 0. The number of allylic oxidation sites excluding steroid dienone is 2. The first-order valence-corrected chi connectivity index (χ1v) is 10.9. The van der Waals surface area contributed by atoms with Gasteiger partial charge in [-0.2, -0.15) is 0 Å². The zero-order valence-corrected chi connectivity index (χ0v) is 16.4. The van der Waals surface area contributed by atoms with E-state index in [9.17, 15) is 4.39 Å². The fraction of sp³-hybridized carbons (Fsp3) is 0.462. The van der Waals surface area contributed by atoms with E-state index < -0.39 is 0 Å². The molecule has 142 valence electrons. The molecule has 0 aromatic heterocycles. The quantitative estimate of drug-likeness (QED) is 0.440. The maximum Gasteiger partial charge on any atom is 0.123 e. The Hall–Kier alpha value is -1.89. The minimum atomic E-state index is -0.136. The number of hydrogen-bond acceptors (Lipinski definition) is 0. The Morgan fingerprint density at radius 1 is 0.852 bits per heavy atom. The Morgan fingerprint density at radius 2 is 1.70 bits per heavy atom. The lowest BCUT2D eigenvalue weighted by atomic mass is 9.85. The number of unbranched alkanes of at least 4 members (excludes halogenated alkanes) is 2. The molecule has 0 spiro atoms. The average Bonchev–Trinajstić information content (AvgIpc) is 3.07. The molecule has 0 atom stereocenters. The van der Waals surface area contributed by atoms with Gasteiger partial charge in [0, 0.05) is 0 Å². The Kier molecular flexibility index (Phi) is 6.07. The van der Waals surface area contributed by atoms with Crippen molar-refractivity contribution in [3.63, 3.8) is 0 Å². The molecule has 2 aromatic carbocycles. The second-order valence-corrected chi connectivity index (χ2v) is 8.40. The summed E-state index contributed by atoms with van der Waals surface area (Å²) in [6.07, 6.45) is 14.7. The maximum absolute atomic E-state index is 13.8. The van der Waals surface area contributed by atoms with Gasteiger partial charge in [-0.05, 0) is 65.1 Å². The highest BCUT2D eigenvalue weighted by Crippen LogP contribution is 2.41. The highest BCUT2D eigenvalue weighted by molar-refractivity contribution is 5.97. The van der Waals surface area contributed by atoms with E-state index in [1.54, 1.807) is 6.07 Å². The molecule has 0 amide bonds. The Labute approximate surface area is 163 Å². The third kappa shape index (κ3) is 4.51. The van der Waals surface area contributed by atoms with Crippen LogP contribution in [0, 0.1) is 11.7 Å². The van der Waals surface area contributed by atoms with Crippen LogP contribution in [0.5, 0.6) is 0 Å². The van der Waals surface area contributed by atoms with Crippen LogP contribution in [0.15, 0.2) is 48.5 Å². The molecule has 0 bridgehead atoms. The van der Waals surface area contributed by atoms with Crippen molar-refractivity contribution >= 4 is 11.1 Å². The fourth-order valence-electron chi connectivity index (χ4n) is 5.05. The third-order valence-corrected chi connectivity index (χ3v) is 6.51. The van der Waals surface area contributed by atoms with Crippen LogP contribution in [-0.4, -0.2) is 0 Å². The van der Waals surface area contributed by atoms with Crippen molar-refractivity contribution in [3.8, 4) is 0 Å². The monoisotopic (exact) mass is 362 g/mol. The molecule has 0 nitrogen and oxygen atoms in total. The van der Waals surface area contributed by atoms with Crippen molar-refractivity contribution in [2.24, 2.45) is 5.92 Å². The topological polar surface area (TPSA) is 0 Å². The molecular formula is C26H31F. The normalized spacial score (nSPS) is 17.4. The largest absolute Gasteiger partial charge is 0.207 e. The lowest BCUT2D eigenvalue weighted by Gasteiger charge is -2.21. The summed E-state index contributed by atoms with van der Waals surface area (Å²) < 4.78 is 13.8. The van der Waals surface area contributed by atoms with Crippen LogP contribution in [0.4, 0.5) is 4.39 Å². The van der Waals surface area contributed by atoms with Crippen LogP contribution in [0.3, 0.4) is 0 Å². The molecule has 2 aliphatic rings. The highest BCUT2D eigenvalue weighted by atomic mass is 19.1. The first-order chi connectivity index (χ1) is 13.3. The van der Waals surface area contributed by atoms with Crippen molar-refractivity contribution < 1.29 is 4.39 Å². The van der Waals surface area contributed by atoms with Crippen LogP contribution in [0.1, 0.15) is 80.9 Å². The van der Waals surface area contributed by atoms with Crippen molar-refractivity contribution in [2.75, 3.05) is 0 Å². The van der Waals surface area contributed by atoms with Crippen LogP contribution in [0.25, 0.3) is 11.1 Å². The summed E-state index contributed by atoms with van der Waals surface area (Å²) in [7, 11) is 0. The highest BCUT2D eigenvalue weighted by Gasteiger charge is 2.22. The molecule has 1 heteroatoms. The van der Waals surface area contributed by atoms with Gasteiger partial charge in [-0.15, -0.1) is 0 Å². The molecule has 0 aliphatic heterocycles. The zero-order chi connectivity index (χ0) is 18.5. The van der Waals surface area contributed by atoms with Gasteiger partial charge in [0.05, 0.1) is 0 Å². The van der Waals surface area contributed by atoms with Crippen LogP contribution < -0.4 is 0 Å².